The van der Waals surface area contributed by atoms with Crippen LogP contribution < -0.4 is 0 Å². The van der Waals surface area contributed by atoms with E-state index in [1.807, 2.05) is 11.0 Å². The van der Waals surface area contributed by atoms with Crippen molar-refractivity contribution in [2.24, 2.45) is 0 Å². The average Bonchev–Trinajstić information content (AvgIpc) is 2.36. The SMILES string of the molecule is C=CC(=O)N1Cc2ccccc2CC1CC. The van der Waals surface area contributed by atoms with Gasteiger partial charge >= 0.3 is 0 Å². The van der Waals surface area contributed by atoms with Gasteiger partial charge < -0.3 is 4.90 Å². The molecule has 1 amide bonds. The summed E-state index contributed by atoms with van der Waals surface area (Å²) in [5.74, 6) is 0.0429. The van der Waals surface area contributed by atoms with E-state index in [1.165, 1.54) is 17.2 Å². The van der Waals surface area contributed by atoms with Crippen LogP contribution in [-0.4, -0.2) is 16.8 Å². The summed E-state index contributed by atoms with van der Waals surface area (Å²) in [4.78, 5) is 13.7. The highest BCUT2D eigenvalue weighted by Gasteiger charge is 2.26. The first-order valence-electron chi connectivity index (χ1n) is 5.76. The minimum Gasteiger partial charge on any atom is -0.332 e. The first-order valence-corrected chi connectivity index (χ1v) is 5.76. The monoisotopic (exact) mass is 215 g/mol. The molecule has 0 fully saturated rings. The Labute approximate surface area is 96.6 Å². The van der Waals surface area contributed by atoms with Crippen LogP contribution in [0.3, 0.4) is 0 Å². The molecule has 0 bridgehead atoms. The summed E-state index contributed by atoms with van der Waals surface area (Å²) < 4.78 is 0. The third-order valence-corrected chi connectivity index (χ3v) is 3.28. The van der Waals surface area contributed by atoms with Gasteiger partial charge in [0.05, 0.1) is 0 Å². The maximum atomic E-state index is 11.8. The summed E-state index contributed by atoms with van der Waals surface area (Å²) in [5.41, 5.74) is 2.64. The second kappa shape index (κ2) is 4.52. The molecule has 1 aliphatic heterocycles. The zero-order valence-electron chi connectivity index (χ0n) is 9.65. The van der Waals surface area contributed by atoms with Gasteiger partial charge in [-0.15, -0.1) is 0 Å². The molecule has 2 heteroatoms. The van der Waals surface area contributed by atoms with Crippen molar-refractivity contribution in [3.63, 3.8) is 0 Å². The number of carbonyl (C=O) groups excluding carboxylic acids is 1. The van der Waals surface area contributed by atoms with Gasteiger partial charge in [-0.1, -0.05) is 37.8 Å². The summed E-state index contributed by atoms with van der Waals surface area (Å²) in [6, 6.07) is 8.68. The van der Waals surface area contributed by atoms with Crippen molar-refractivity contribution in [2.45, 2.75) is 32.4 Å². The molecule has 0 saturated heterocycles. The van der Waals surface area contributed by atoms with E-state index in [9.17, 15) is 4.79 Å². The molecule has 1 aromatic rings. The summed E-state index contributed by atoms with van der Waals surface area (Å²) in [7, 11) is 0. The van der Waals surface area contributed by atoms with Gasteiger partial charge in [-0.2, -0.15) is 0 Å². The Morgan fingerprint density at radius 3 is 2.81 bits per heavy atom. The lowest BCUT2D eigenvalue weighted by Crippen LogP contribution is -2.43. The Kier molecular flexibility index (Phi) is 3.09. The highest BCUT2D eigenvalue weighted by Crippen LogP contribution is 2.24. The van der Waals surface area contributed by atoms with Gasteiger partial charge in [-0.05, 0) is 30.0 Å². The van der Waals surface area contributed by atoms with E-state index < -0.39 is 0 Å². The molecule has 0 aliphatic carbocycles. The van der Waals surface area contributed by atoms with Gasteiger partial charge in [-0.25, -0.2) is 0 Å². The highest BCUT2D eigenvalue weighted by atomic mass is 16.2. The van der Waals surface area contributed by atoms with Crippen LogP contribution in [0, 0.1) is 0 Å². The van der Waals surface area contributed by atoms with E-state index >= 15 is 0 Å². The average molecular weight is 215 g/mol. The first-order chi connectivity index (χ1) is 7.76. The maximum Gasteiger partial charge on any atom is 0.246 e. The fourth-order valence-corrected chi connectivity index (χ4v) is 2.33. The van der Waals surface area contributed by atoms with Crippen molar-refractivity contribution < 1.29 is 4.79 Å². The van der Waals surface area contributed by atoms with Crippen LogP contribution in [-0.2, 0) is 17.8 Å². The predicted molar refractivity (Wildman–Crippen MR) is 65.0 cm³/mol. The summed E-state index contributed by atoms with van der Waals surface area (Å²) in [6.45, 7) is 6.42. The zero-order chi connectivity index (χ0) is 11.5. The van der Waals surface area contributed by atoms with Crippen LogP contribution in [0.15, 0.2) is 36.9 Å². The molecule has 1 unspecified atom stereocenters. The Balaban J connectivity index is 2.30. The molecule has 1 heterocycles. The standard InChI is InChI=1S/C14H17NO/c1-3-13-9-11-7-5-6-8-12(11)10-15(13)14(16)4-2/h4-8,13H,2-3,9-10H2,1H3. The smallest absolute Gasteiger partial charge is 0.246 e. The summed E-state index contributed by atoms with van der Waals surface area (Å²) in [6.07, 6.45) is 3.37. The minimum atomic E-state index is 0.0429. The van der Waals surface area contributed by atoms with Crippen molar-refractivity contribution in [3.8, 4) is 0 Å². The molecule has 16 heavy (non-hydrogen) atoms. The van der Waals surface area contributed by atoms with Gasteiger partial charge in [-0.3, -0.25) is 4.79 Å². The number of nitrogens with zero attached hydrogens (tertiary/aromatic N) is 1. The van der Waals surface area contributed by atoms with Gasteiger partial charge in [0.15, 0.2) is 0 Å². The van der Waals surface area contributed by atoms with E-state index in [0.29, 0.717) is 6.04 Å². The minimum absolute atomic E-state index is 0.0429. The third kappa shape index (κ3) is 1.87. The fraction of sp³-hybridized carbons (Fsp3) is 0.357. The van der Waals surface area contributed by atoms with E-state index in [0.717, 1.165) is 19.4 Å². The molecule has 84 valence electrons. The van der Waals surface area contributed by atoms with Crippen LogP contribution in [0.5, 0.6) is 0 Å². The van der Waals surface area contributed by atoms with Crippen LogP contribution in [0.2, 0.25) is 0 Å². The van der Waals surface area contributed by atoms with Crippen molar-refractivity contribution in [2.75, 3.05) is 0 Å². The Morgan fingerprint density at radius 1 is 1.50 bits per heavy atom. The molecule has 1 atom stereocenters. The van der Waals surface area contributed by atoms with Crippen LogP contribution >= 0.6 is 0 Å². The molecule has 0 N–H and O–H groups in total. The van der Waals surface area contributed by atoms with Gasteiger partial charge in [0, 0.05) is 12.6 Å². The zero-order valence-corrected chi connectivity index (χ0v) is 9.65. The molecule has 0 spiro atoms. The Bertz CT molecular complexity index is 411. The maximum absolute atomic E-state index is 11.8. The Morgan fingerprint density at radius 2 is 2.19 bits per heavy atom. The number of carbonyl (C=O) groups is 1. The normalized spacial score (nSPS) is 19.1. The largest absolute Gasteiger partial charge is 0.332 e. The van der Waals surface area contributed by atoms with Crippen LogP contribution in [0.4, 0.5) is 0 Å². The van der Waals surface area contributed by atoms with Crippen LogP contribution in [0.25, 0.3) is 0 Å². The van der Waals surface area contributed by atoms with E-state index in [-0.39, 0.29) is 5.91 Å². The molecular weight excluding hydrogens is 198 g/mol. The van der Waals surface area contributed by atoms with E-state index in [2.05, 4.69) is 31.7 Å². The van der Waals surface area contributed by atoms with Gasteiger partial charge in [0.2, 0.25) is 5.91 Å². The van der Waals surface area contributed by atoms with E-state index in [1.54, 1.807) is 0 Å². The highest BCUT2D eigenvalue weighted by molar-refractivity contribution is 5.87. The number of benzene rings is 1. The first kappa shape index (κ1) is 10.9. The number of amides is 1. The third-order valence-electron chi connectivity index (χ3n) is 3.28. The molecular formula is C14H17NO. The summed E-state index contributed by atoms with van der Waals surface area (Å²) >= 11 is 0. The molecule has 2 nitrogen and oxygen atoms in total. The lowest BCUT2D eigenvalue weighted by molar-refractivity contribution is -0.129. The number of hydrogen-bond acceptors (Lipinski definition) is 1. The van der Waals surface area contributed by atoms with Crippen molar-refractivity contribution in [1.29, 1.82) is 0 Å². The summed E-state index contributed by atoms with van der Waals surface area (Å²) in [5, 5.41) is 0. The van der Waals surface area contributed by atoms with Gasteiger partial charge in [0.1, 0.15) is 0 Å². The van der Waals surface area contributed by atoms with Crippen LogP contribution in [0.1, 0.15) is 24.5 Å². The molecule has 0 aromatic heterocycles. The second-order valence-electron chi connectivity index (χ2n) is 4.21. The molecule has 1 aliphatic rings. The molecule has 2 rings (SSSR count). The fourth-order valence-electron chi connectivity index (χ4n) is 2.33. The number of hydrogen-bond donors (Lipinski definition) is 0. The molecule has 0 radical (unpaired) electrons. The lowest BCUT2D eigenvalue weighted by atomic mass is 9.92. The molecule has 0 saturated carbocycles. The number of fused-ring (bicyclic) bond motifs is 1. The predicted octanol–water partition coefficient (Wildman–Crippen LogP) is 2.54. The van der Waals surface area contributed by atoms with Crippen molar-refractivity contribution >= 4 is 5.91 Å². The Hall–Kier alpha value is -1.57. The molecule has 1 aromatic carbocycles. The van der Waals surface area contributed by atoms with Gasteiger partial charge in [0.25, 0.3) is 0 Å². The quantitative estimate of drug-likeness (QED) is 0.694. The number of rotatable bonds is 2. The topological polar surface area (TPSA) is 20.3 Å². The second-order valence-corrected chi connectivity index (χ2v) is 4.21. The van der Waals surface area contributed by atoms with Crippen molar-refractivity contribution in [3.05, 3.63) is 48.0 Å². The lowest BCUT2D eigenvalue weighted by Gasteiger charge is -2.35. The van der Waals surface area contributed by atoms with Crippen molar-refractivity contribution in [1.82, 2.24) is 4.90 Å². The van der Waals surface area contributed by atoms with E-state index in [4.69, 9.17) is 0 Å².